The SMILES string of the molecule is Cc1c(Cc2ccc(-c3cnn(C)c3)c(F)c2)cc(C(=O)N[C@H]2CCCC[C@@H]2O)c2ncccc12. The number of nitrogens with zero attached hydrogens (tertiary/aromatic N) is 3. The Hall–Kier alpha value is -3.58. The van der Waals surface area contributed by atoms with Gasteiger partial charge in [0.1, 0.15) is 5.82 Å². The van der Waals surface area contributed by atoms with E-state index in [1.54, 1.807) is 42.5 Å². The average molecular weight is 473 g/mol. The van der Waals surface area contributed by atoms with Crippen LogP contribution in [0.1, 0.15) is 52.7 Å². The molecule has 180 valence electrons. The summed E-state index contributed by atoms with van der Waals surface area (Å²) in [5.41, 5.74) is 5.12. The van der Waals surface area contributed by atoms with E-state index in [0.717, 1.165) is 46.9 Å². The molecule has 2 aromatic carbocycles. The van der Waals surface area contributed by atoms with Gasteiger partial charge in [-0.1, -0.05) is 31.0 Å². The predicted molar refractivity (Wildman–Crippen MR) is 134 cm³/mol. The van der Waals surface area contributed by atoms with E-state index < -0.39 is 6.10 Å². The first-order valence-corrected chi connectivity index (χ1v) is 12.0. The molecule has 2 heterocycles. The van der Waals surface area contributed by atoms with Gasteiger partial charge < -0.3 is 10.4 Å². The van der Waals surface area contributed by atoms with Crippen LogP contribution in [0.5, 0.6) is 0 Å². The lowest BCUT2D eigenvalue weighted by molar-refractivity contribution is 0.0718. The minimum atomic E-state index is -0.529. The molecular weight excluding hydrogens is 443 g/mol. The number of nitrogens with one attached hydrogen (secondary N) is 1. The first kappa shape index (κ1) is 23.2. The molecule has 1 saturated carbocycles. The third-order valence-corrected chi connectivity index (χ3v) is 7.00. The number of halogens is 1. The van der Waals surface area contributed by atoms with Crippen LogP contribution in [0.3, 0.4) is 0 Å². The summed E-state index contributed by atoms with van der Waals surface area (Å²) in [6.07, 6.45) is 8.48. The van der Waals surface area contributed by atoms with Crippen LogP contribution < -0.4 is 5.32 Å². The first-order valence-electron chi connectivity index (χ1n) is 12.0. The van der Waals surface area contributed by atoms with E-state index in [1.165, 1.54) is 0 Å². The van der Waals surface area contributed by atoms with E-state index in [1.807, 2.05) is 31.2 Å². The fraction of sp³-hybridized carbons (Fsp3) is 0.321. The minimum absolute atomic E-state index is 0.237. The Bertz CT molecular complexity index is 1400. The fourth-order valence-corrected chi connectivity index (χ4v) is 5.01. The van der Waals surface area contributed by atoms with Gasteiger partial charge in [-0.3, -0.25) is 14.5 Å². The Labute approximate surface area is 203 Å². The van der Waals surface area contributed by atoms with Crippen LogP contribution in [0, 0.1) is 12.7 Å². The summed E-state index contributed by atoms with van der Waals surface area (Å²) in [6, 6.07) is 10.7. The summed E-state index contributed by atoms with van der Waals surface area (Å²) < 4.78 is 16.6. The molecule has 0 saturated heterocycles. The van der Waals surface area contributed by atoms with Gasteiger partial charge in [0.25, 0.3) is 5.91 Å². The van der Waals surface area contributed by atoms with Crippen LogP contribution in [0.15, 0.2) is 55.0 Å². The van der Waals surface area contributed by atoms with Crippen molar-refractivity contribution in [2.24, 2.45) is 7.05 Å². The van der Waals surface area contributed by atoms with E-state index in [9.17, 15) is 14.3 Å². The largest absolute Gasteiger partial charge is 0.391 e. The number of benzene rings is 2. The van der Waals surface area contributed by atoms with Gasteiger partial charge in [-0.05, 0) is 61.1 Å². The van der Waals surface area contributed by atoms with Crippen molar-refractivity contribution in [3.63, 3.8) is 0 Å². The lowest BCUT2D eigenvalue weighted by Crippen LogP contribution is -2.45. The number of hydrogen-bond acceptors (Lipinski definition) is 4. The molecule has 2 aromatic heterocycles. The molecule has 5 rings (SSSR count). The van der Waals surface area contributed by atoms with Crippen LogP contribution in [-0.2, 0) is 13.5 Å². The molecule has 4 aromatic rings. The number of carbonyl (C=O) groups excluding carboxylic acids is 1. The van der Waals surface area contributed by atoms with Crippen molar-refractivity contribution in [1.29, 1.82) is 0 Å². The average Bonchev–Trinajstić information content (AvgIpc) is 3.28. The van der Waals surface area contributed by atoms with Crippen molar-refractivity contribution in [3.8, 4) is 11.1 Å². The number of amides is 1. The molecule has 1 aliphatic rings. The number of pyridine rings is 1. The summed E-state index contributed by atoms with van der Waals surface area (Å²) in [7, 11) is 1.80. The maximum absolute atomic E-state index is 15.0. The number of fused-ring (bicyclic) bond motifs is 1. The molecule has 1 aliphatic carbocycles. The first-order chi connectivity index (χ1) is 16.9. The predicted octanol–water partition coefficient (Wildman–Crippen LogP) is 4.71. The van der Waals surface area contributed by atoms with Gasteiger partial charge in [0.15, 0.2) is 0 Å². The molecule has 0 unspecified atom stereocenters. The molecule has 0 aliphatic heterocycles. The number of rotatable bonds is 5. The Balaban J connectivity index is 1.48. The molecule has 7 heteroatoms. The third kappa shape index (κ3) is 4.68. The Kier molecular flexibility index (Phi) is 6.34. The zero-order chi connectivity index (χ0) is 24.5. The molecule has 6 nitrogen and oxygen atoms in total. The van der Waals surface area contributed by atoms with Crippen LogP contribution in [0.4, 0.5) is 4.39 Å². The molecule has 1 fully saturated rings. The molecule has 0 radical (unpaired) electrons. The second-order valence-corrected chi connectivity index (χ2v) is 9.43. The van der Waals surface area contributed by atoms with Crippen molar-refractivity contribution in [3.05, 3.63) is 83.1 Å². The molecule has 0 spiro atoms. The van der Waals surface area contributed by atoms with Crippen LogP contribution in [0.25, 0.3) is 22.0 Å². The van der Waals surface area contributed by atoms with Crippen molar-refractivity contribution >= 4 is 16.8 Å². The van der Waals surface area contributed by atoms with Gasteiger partial charge >= 0.3 is 0 Å². The normalized spacial score (nSPS) is 18.1. The highest BCUT2D eigenvalue weighted by atomic mass is 19.1. The van der Waals surface area contributed by atoms with Crippen LogP contribution in [-0.4, -0.2) is 37.9 Å². The molecular formula is C28H29FN4O2. The number of aryl methyl sites for hydroxylation is 2. The molecule has 1 amide bonds. The number of aromatic nitrogens is 3. The molecule has 2 N–H and O–H groups in total. The topological polar surface area (TPSA) is 80.0 Å². The molecule has 2 atom stereocenters. The second-order valence-electron chi connectivity index (χ2n) is 9.43. The third-order valence-electron chi connectivity index (χ3n) is 7.00. The minimum Gasteiger partial charge on any atom is -0.391 e. The van der Waals surface area contributed by atoms with E-state index in [4.69, 9.17) is 0 Å². The fourth-order valence-electron chi connectivity index (χ4n) is 5.01. The zero-order valence-electron chi connectivity index (χ0n) is 20.0. The van der Waals surface area contributed by atoms with Crippen molar-refractivity contribution < 1.29 is 14.3 Å². The summed E-state index contributed by atoms with van der Waals surface area (Å²) in [5, 5.41) is 18.4. The monoisotopic (exact) mass is 472 g/mol. The Morgan fingerprint density at radius 2 is 2.06 bits per heavy atom. The van der Waals surface area contributed by atoms with Crippen molar-refractivity contribution in [2.75, 3.05) is 0 Å². The maximum Gasteiger partial charge on any atom is 0.253 e. The van der Waals surface area contributed by atoms with Crippen LogP contribution in [0.2, 0.25) is 0 Å². The van der Waals surface area contributed by atoms with Crippen LogP contribution >= 0.6 is 0 Å². The van der Waals surface area contributed by atoms with Gasteiger partial charge in [0.2, 0.25) is 0 Å². The van der Waals surface area contributed by atoms with E-state index in [2.05, 4.69) is 15.4 Å². The standard InChI is InChI=1S/C28H29FN4O2/c1-17-19(12-18-9-10-22(24(29)13-18)20-15-31-33(2)16-20)14-23(27-21(17)6-5-11-30-27)28(35)32-25-7-3-4-8-26(25)34/h5-6,9-11,13-16,25-26,34H,3-4,7-8,12H2,1-2H3,(H,32,35)/t25-,26-/m0/s1. The van der Waals surface area contributed by atoms with Crippen molar-refractivity contribution in [1.82, 2.24) is 20.1 Å². The van der Waals surface area contributed by atoms with Gasteiger partial charge in [-0.25, -0.2) is 4.39 Å². The van der Waals surface area contributed by atoms with Crippen molar-refractivity contribution in [2.45, 2.75) is 51.2 Å². The second kappa shape index (κ2) is 9.58. The summed E-state index contributed by atoms with van der Waals surface area (Å²) in [4.78, 5) is 17.8. The number of carbonyl (C=O) groups is 1. The summed E-state index contributed by atoms with van der Waals surface area (Å²) in [5.74, 6) is -0.543. The number of aliphatic hydroxyl groups excluding tert-OH is 1. The van der Waals surface area contributed by atoms with E-state index in [-0.39, 0.29) is 17.8 Å². The molecule has 0 bridgehead atoms. The Morgan fingerprint density at radius 1 is 1.23 bits per heavy atom. The van der Waals surface area contributed by atoms with Gasteiger partial charge in [0.05, 0.1) is 29.4 Å². The lowest BCUT2D eigenvalue weighted by Gasteiger charge is -2.28. The van der Waals surface area contributed by atoms with Gasteiger partial charge in [-0.15, -0.1) is 0 Å². The quantitative estimate of drug-likeness (QED) is 0.441. The van der Waals surface area contributed by atoms with E-state index >= 15 is 0 Å². The highest BCUT2D eigenvalue weighted by Crippen LogP contribution is 2.29. The lowest BCUT2D eigenvalue weighted by atomic mass is 9.91. The maximum atomic E-state index is 15.0. The highest BCUT2D eigenvalue weighted by Gasteiger charge is 2.26. The Morgan fingerprint density at radius 3 is 2.80 bits per heavy atom. The highest BCUT2D eigenvalue weighted by molar-refractivity contribution is 6.06. The smallest absolute Gasteiger partial charge is 0.253 e. The van der Waals surface area contributed by atoms with Gasteiger partial charge in [0, 0.05) is 36.0 Å². The molecule has 35 heavy (non-hydrogen) atoms. The number of hydrogen-bond donors (Lipinski definition) is 2. The summed E-state index contributed by atoms with van der Waals surface area (Å²) >= 11 is 0. The van der Waals surface area contributed by atoms with Gasteiger partial charge in [-0.2, -0.15) is 5.10 Å². The number of aliphatic hydroxyl groups is 1. The zero-order valence-corrected chi connectivity index (χ0v) is 20.0. The summed E-state index contributed by atoms with van der Waals surface area (Å²) in [6.45, 7) is 2.01. The van der Waals surface area contributed by atoms with E-state index in [0.29, 0.717) is 29.5 Å².